The summed E-state index contributed by atoms with van der Waals surface area (Å²) in [5.74, 6) is 2.00. The van der Waals surface area contributed by atoms with Gasteiger partial charge in [0, 0.05) is 17.9 Å². The molecule has 0 fully saturated rings. The van der Waals surface area contributed by atoms with Gasteiger partial charge in [0.2, 0.25) is 0 Å². The summed E-state index contributed by atoms with van der Waals surface area (Å²) in [5, 5.41) is 0. The summed E-state index contributed by atoms with van der Waals surface area (Å²) in [6, 6.07) is 16.4. The van der Waals surface area contributed by atoms with Crippen LogP contribution in [0, 0.1) is 0 Å². The highest BCUT2D eigenvalue weighted by molar-refractivity contribution is 7.97. The van der Waals surface area contributed by atoms with Gasteiger partial charge in [-0.2, -0.15) is 0 Å². The second-order valence-electron chi connectivity index (χ2n) is 5.97. The Morgan fingerprint density at radius 3 is 2.72 bits per heavy atom. The Balaban J connectivity index is 1.35. The molecule has 25 heavy (non-hydrogen) atoms. The molecule has 5 heteroatoms. The van der Waals surface area contributed by atoms with Gasteiger partial charge >= 0.3 is 0 Å². The first-order valence-corrected chi connectivity index (χ1v) is 9.73. The number of hydrogen-bond donors (Lipinski definition) is 2. The summed E-state index contributed by atoms with van der Waals surface area (Å²) in [7, 11) is 0. The van der Waals surface area contributed by atoms with Crippen LogP contribution >= 0.6 is 11.9 Å². The first kappa shape index (κ1) is 17.8. The molecule has 0 radical (unpaired) electrons. The van der Waals surface area contributed by atoms with Crippen LogP contribution in [0.2, 0.25) is 0 Å². The molecule has 3 rings (SSSR count). The molecule has 3 aromatic rings. The number of benzene rings is 2. The normalized spacial score (nSPS) is 11.1. The molecule has 0 atom stereocenters. The van der Waals surface area contributed by atoms with Crippen LogP contribution in [0.15, 0.2) is 53.4 Å². The number of H-pyrrole nitrogens is 1. The average Bonchev–Trinajstić information content (AvgIpc) is 3.06. The maximum atomic E-state index is 5.68. The molecule has 1 heterocycles. The summed E-state index contributed by atoms with van der Waals surface area (Å²) in [4.78, 5) is 9.18. The number of hydrogen-bond acceptors (Lipinski definition) is 4. The molecule has 0 aliphatic heterocycles. The topological polar surface area (TPSA) is 49.9 Å². The lowest BCUT2D eigenvalue weighted by atomic mass is 10.3. The SMILES string of the molecule is CCCCOc1ccc(SNCCCc2nc3ccccc3[nH]2)cc1. The zero-order chi connectivity index (χ0) is 17.3. The minimum absolute atomic E-state index is 0.795. The Morgan fingerprint density at radius 2 is 1.92 bits per heavy atom. The minimum atomic E-state index is 0.795. The summed E-state index contributed by atoms with van der Waals surface area (Å²) in [5.41, 5.74) is 2.15. The number of aryl methyl sites for hydroxylation is 1. The first-order valence-electron chi connectivity index (χ1n) is 8.91. The van der Waals surface area contributed by atoms with Gasteiger partial charge in [0.05, 0.1) is 17.6 Å². The van der Waals surface area contributed by atoms with Crippen LogP contribution in [0.25, 0.3) is 11.0 Å². The lowest BCUT2D eigenvalue weighted by Gasteiger charge is -2.07. The predicted molar refractivity (Wildman–Crippen MR) is 105 cm³/mol. The molecule has 0 amide bonds. The standard InChI is InChI=1S/C20H25N3OS/c1-2-3-15-24-16-10-12-17(13-11-16)25-21-14-6-9-20-22-18-7-4-5-8-19(18)23-20/h4-5,7-8,10-13,21H,2-3,6,9,14-15H2,1H3,(H,22,23). The van der Waals surface area contributed by atoms with Crippen molar-refractivity contribution in [3.63, 3.8) is 0 Å². The largest absolute Gasteiger partial charge is 0.494 e. The molecule has 0 saturated heterocycles. The van der Waals surface area contributed by atoms with Gasteiger partial charge in [-0.05, 0) is 61.2 Å². The maximum Gasteiger partial charge on any atom is 0.119 e. The number of fused-ring (bicyclic) bond motifs is 1. The number of aromatic nitrogens is 2. The monoisotopic (exact) mass is 355 g/mol. The summed E-state index contributed by atoms with van der Waals surface area (Å²) in [6.07, 6.45) is 4.26. The second-order valence-corrected chi connectivity index (χ2v) is 6.94. The molecular formula is C20H25N3OS. The minimum Gasteiger partial charge on any atom is -0.494 e. The summed E-state index contributed by atoms with van der Waals surface area (Å²) in [6.45, 7) is 3.91. The Hall–Kier alpha value is -1.98. The van der Waals surface area contributed by atoms with Gasteiger partial charge < -0.3 is 9.72 Å². The molecule has 2 aromatic carbocycles. The Bertz CT molecular complexity index is 737. The number of imidazole rings is 1. The molecular weight excluding hydrogens is 330 g/mol. The van der Waals surface area contributed by atoms with E-state index in [4.69, 9.17) is 4.74 Å². The van der Waals surface area contributed by atoms with E-state index in [9.17, 15) is 0 Å². The number of rotatable bonds is 10. The lowest BCUT2D eigenvalue weighted by molar-refractivity contribution is 0.309. The van der Waals surface area contributed by atoms with Crippen molar-refractivity contribution in [2.24, 2.45) is 0 Å². The highest BCUT2D eigenvalue weighted by Crippen LogP contribution is 2.19. The van der Waals surface area contributed by atoms with Gasteiger partial charge in [-0.3, -0.25) is 4.72 Å². The van der Waals surface area contributed by atoms with Crippen LogP contribution in [0.5, 0.6) is 5.75 Å². The smallest absolute Gasteiger partial charge is 0.119 e. The predicted octanol–water partition coefficient (Wildman–Crippen LogP) is 4.97. The number of nitrogens with zero attached hydrogens (tertiary/aromatic N) is 1. The second kappa shape index (κ2) is 9.49. The van der Waals surface area contributed by atoms with Gasteiger partial charge in [0.1, 0.15) is 11.6 Å². The van der Waals surface area contributed by atoms with Gasteiger partial charge in [-0.1, -0.05) is 25.5 Å². The van der Waals surface area contributed by atoms with E-state index >= 15 is 0 Å². The highest BCUT2D eigenvalue weighted by atomic mass is 32.2. The highest BCUT2D eigenvalue weighted by Gasteiger charge is 2.02. The molecule has 0 aliphatic carbocycles. The number of aromatic amines is 1. The third-order valence-electron chi connectivity index (χ3n) is 3.91. The fourth-order valence-corrected chi connectivity index (χ4v) is 3.21. The van der Waals surface area contributed by atoms with Crippen molar-refractivity contribution in [3.05, 3.63) is 54.4 Å². The van der Waals surface area contributed by atoms with E-state index in [1.54, 1.807) is 11.9 Å². The van der Waals surface area contributed by atoms with Crippen molar-refractivity contribution in [2.75, 3.05) is 13.2 Å². The maximum absolute atomic E-state index is 5.68. The number of unbranched alkanes of at least 4 members (excludes halogenated alkanes) is 1. The van der Waals surface area contributed by atoms with E-state index in [1.807, 2.05) is 30.3 Å². The molecule has 1 aromatic heterocycles. The van der Waals surface area contributed by atoms with Gasteiger partial charge in [-0.15, -0.1) is 0 Å². The number of nitrogens with one attached hydrogen (secondary N) is 2. The summed E-state index contributed by atoms with van der Waals surface area (Å²) >= 11 is 1.66. The van der Waals surface area contributed by atoms with Crippen molar-refractivity contribution < 1.29 is 4.74 Å². The van der Waals surface area contributed by atoms with Gasteiger partial charge in [0.25, 0.3) is 0 Å². The molecule has 0 unspecified atom stereocenters. The van der Waals surface area contributed by atoms with Crippen molar-refractivity contribution in [1.29, 1.82) is 0 Å². The fraction of sp³-hybridized carbons (Fsp3) is 0.350. The van der Waals surface area contributed by atoms with Gasteiger partial charge in [0.15, 0.2) is 0 Å². The van der Waals surface area contributed by atoms with Crippen molar-refractivity contribution >= 4 is 23.0 Å². The molecule has 0 aliphatic rings. The third kappa shape index (κ3) is 5.51. The average molecular weight is 356 g/mol. The van der Waals surface area contributed by atoms with Crippen molar-refractivity contribution in [3.8, 4) is 5.75 Å². The number of ether oxygens (including phenoxy) is 1. The van der Waals surface area contributed by atoms with Crippen LogP contribution in [-0.4, -0.2) is 23.1 Å². The Morgan fingerprint density at radius 1 is 1.08 bits per heavy atom. The Labute approximate surface area is 153 Å². The molecule has 0 saturated carbocycles. The van der Waals surface area contributed by atoms with E-state index in [0.29, 0.717) is 0 Å². The molecule has 0 bridgehead atoms. The zero-order valence-corrected chi connectivity index (χ0v) is 15.4. The van der Waals surface area contributed by atoms with Crippen LogP contribution in [0.4, 0.5) is 0 Å². The van der Waals surface area contributed by atoms with Gasteiger partial charge in [-0.25, -0.2) is 4.98 Å². The zero-order valence-electron chi connectivity index (χ0n) is 14.6. The van der Waals surface area contributed by atoms with E-state index < -0.39 is 0 Å². The molecule has 2 N–H and O–H groups in total. The van der Waals surface area contributed by atoms with Crippen LogP contribution in [-0.2, 0) is 6.42 Å². The van der Waals surface area contributed by atoms with Crippen LogP contribution < -0.4 is 9.46 Å². The third-order valence-corrected chi connectivity index (χ3v) is 4.77. The van der Waals surface area contributed by atoms with Crippen molar-refractivity contribution in [1.82, 2.24) is 14.7 Å². The first-order chi connectivity index (χ1) is 12.3. The van der Waals surface area contributed by atoms with E-state index in [-0.39, 0.29) is 0 Å². The van der Waals surface area contributed by atoms with Crippen molar-refractivity contribution in [2.45, 2.75) is 37.5 Å². The lowest BCUT2D eigenvalue weighted by Crippen LogP contribution is -2.07. The Kier molecular flexibility index (Phi) is 6.77. The quantitative estimate of drug-likeness (QED) is 0.398. The van der Waals surface area contributed by atoms with E-state index in [2.05, 4.69) is 39.8 Å². The van der Waals surface area contributed by atoms with E-state index in [0.717, 1.165) is 61.4 Å². The molecule has 132 valence electrons. The molecule has 4 nitrogen and oxygen atoms in total. The number of para-hydroxylation sites is 2. The fourth-order valence-electron chi connectivity index (χ4n) is 2.52. The molecule has 0 spiro atoms. The van der Waals surface area contributed by atoms with E-state index in [1.165, 1.54) is 4.90 Å². The van der Waals surface area contributed by atoms with Crippen LogP contribution in [0.3, 0.4) is 0 Å². The summed E-state index contributed by atoms with van der Waals surface area (Å²) < 4.78 is 9.09. The van der Waals surface area contributed by atoms with Crippen LogP contribution in [0.1, 0.15) is 32.0 Å².